The molecule has 1 aliphatic heterocycles. The number of rotatable bonds is 6. The molecule has 1 saturated heterocycles. The number of para-hydroxylation sites is 2. The normalized spacial score (nSPS) is 17.8. The summed E-state index contributed by atoms with van der Waals surface area (Å²) in [7, 11) is 0. The minimum Gasteiger partial charge on any atom is -0.326 e. The first kappa shape index (κ1) is 19.4. The fourth-order valence-electron chi connectivity index (χ4n) is 2.91. The van der Waals surface area contributed by atoms with Crippen molar-refractivity contribution >= 4 is 61.1 Å². The molecule has 4 rings (SSSR count). The fraction of sp³-hybridized carbons (Fsp3) is 0.143. The molecule has 1 fully saturated rings. The third kappa shape index (κ3) is 4.38. The summed E-state index contributed by atoms with van der Waals surface area (Å²) in [5, 5.41) is 3.44. The van der Waals surface area contributed by atoms with Gasteiger partial charge in [-0.3, -0.25) is 14.5 Å². The van der Waals surface area contributed by atoms with E-state index in [9.17, 15) is 9.59 Å². The molecule has 2 aromatic carbocycles. The molecule has 2 heterocycles. The van der Waals surface area contributed by atoms with E-state index in [0.29, 0.717) is 22.5 Å². The molecule has 1 N–H and O–H groups in total. The monoisotopic (exact) mass is 422 g/mol. The highest BCUT2D eigenvalue weighted by Gasteiger charge is 2.38. The Morgan fingerprint density at radius 2 is 1.97 bits per heavy atom. The van der Waals surface area contributed by atoms with Gasteiger partial charge in [-0.2, -0.15) is 4.99 Å². The molecule has 1 atom stereocenters. The number of aromatic nitrogens is 1. The van der Waals surface area contributed by atoms with Crippen LogP contribution in [0.1, 0.15) is 6.42 Å². The van der Waals surface area contributed by atoms with E-state index in [1.54, 1.807) is 11.0 Å². The van der Waals surface area contributed by atoms with E-state index in [0.717, 1.165) is 10.2 Å². The van der Waals surface area contributed by atoms with Crippen molar-refractivity contribution in [3.05, 3.63) is 67.3 Å². The third-order valence-corrected chi connectivity index (χ3v) is 6.34. The maximum Gasteiger partial charge on any atom is 0.242 e. The van der Waals surface area contributed by atoms with Crippen molar-refractivity contribution in [2.45, 2.75) is 11.7 Å². The Morgan fingerprint density at radius 1 is 1.21 bits per heavy atom. The van der Waals surface area contributed by atoms with Crippen LogP contribution in [0.15, 0.2) is 72.2 Å². The predicted octanol–water partition coefficient (Wildman–Crippen LogP) is 4.44. The van der Waals surface area contributed by atoms with Gasteiger partial charge in [0.1, 0.15) is 5.25 Å². The highest BCUT2D eigenvalue weighted by molar-refractivity contribution is 8.15. The Kier molecular flexibility index (Phi) is 5.73. The molecule has 0 unspecified atom stereocenters. The zero-order chi connectivity index (χ0) is 20.2. The van der Waals surface area contributed by atoms with Gasteiger partial charge in [0.25, 0.3) is 0 Å². The first-order valence-electron chi connectivity index (χ1n) is 9.02. The third-order valence-electron chi connectivity index (χ3n) is 4.23. The molecule has 2 amide bonds. The molecule has 0 spiro atoms. The maximum absolute atomic E-state index is 12.8. The first-order valence-corrected chi connectivity index (χ1v) is 10.7. The van der Waals surface area contributed by atoms with Crippen LogP contribution >= 0.6 is 23.1 Å². The summed E-state index contributed by atoms with van der Waals surface area (Å²) in [5.41, 5.74) is 1.58. The number of anilines is 1. The Bertz CT molecular complexity index is 1060. The Hall–Kier alpha value is -2.97. The number of thiazole rings is 1. The van der Waals surface area contributed by atoms with Gasteiger partial charge in [0.2, 0.25) is 16.9 Å². The predicted molar refractivity (Wildman–Crippen MR) is 120 cm³/mol. The van der Waals surface area contributed by atoms with Crippen LogP contribution in [0.25, 0.3) is 10.2 Å². The van der Waals surface area contributed by atoms with Crippen molar-refractivity contribution in [2.75, 3.05) is 11.9 Å². The zero-order valence-corrected chi connectivity index (χ0v) is 17.1. The van der Waals surface area contributed by atoms with Crippen molar-refractivity contribution in [1.29, 1.82) is 0 Å². The molecule has 0 bridgehead atoms. The molecule has 146 valence electrons. The van der Waals surface area contributed by atoms with Crippen LogP contribution in [0.5, 0.6) is 0 Å². The number of carbonyl (C=O) groups is 2. The van der Waals surface area contributed by atoms with Gasteiger partial charge in [-0.15, -0.1) is 6.58 Å². The van der Waals surface area contributed by atoms with E-state index < -0.39 is 5.25 Å². The summed E-state index contributed by atoms with van der Waals surface area (Å²) in [6.45, 7) is 4.07. The molecule has 0 radical (unpaired) electrons. The highest BCUT2D eigenvalue weighted by Crippen LogP contribution is 2.34. The van der Waals surface area contributed by atoms with Gasteiger partial charge in [0, 0.05) is 18.7 Å². The quantitative estimate of drug-likeness (QED) is 0.596. The molecular formula is C21H18N4O2S2. The van der Waals surface area contributed by atoms with Gasteiger partial charge >= 0.3 is 0 Å². The number of hydrogen-bond acceptors (Lipinski definition) is 6. The van der Waals surface area contributed by atoms with Crippen molar-refractivity contribution in [3.63, 3.8) is 0 Å². The number of amides is 2. The number of aliphatic imine (C=N–C) groups is 1. The Morgan fingerprint density at radius 3 is 2.72 bits per heavy atom. The lowest BCUT2D eigenvalue weighted by molar-refractivity contribution is -0.127. The molecule has 1 aliphatic rings. The number of thioether (sulfide) groups is 1. The second-order valence-corrected chi connectivity index (χ2v) is 8.50. The summed E-state index contributed by atoms with van der Waals surface area (Å²) < 4.78 is 1.04. The van der Waals surface area contributed by atoms with Crippen molar-refractivity contribution in [2.24, 2.45) is 4.99 Å². The lowest BCUT2D eigenvalue weighted by Gasteiger charge is -2.13. The molecular weight excluding hydrogens is 404 g/mol. The largest absolute Gasteiger partial charge is 0.326 e. The average Bonchev–Trinajstić information content (AvgIpc) is 3.25. The summed E-state index contributed by atoms with van der Waals surface area (Å²) >= 11 is 2.76. The number of benzene rings is 2. The topological polar surface area (TPSA) is 74.7 Å². The smallest absolute Gasteiger partial charge is 0.242 e. The summed E-state index contributed by atoms with van der Waals surface area (Å²) in [6.07, 6.45) is 1.73. The first-order chi connectivity index (χ1) is 14.1. The number of fused-ring (bicyclic) bond motifs is 1. The van der Waals surface area contributed by atoms with Crippen LogP contribution in [0.4, 0.5) is 10.8 Å². The van der Waals surface area contributed by atoms with Crippen molar-refractivity contribution in [3.8, 4) is 0 Å². The number of hydrogen-bond donors (Lipinski definition) is 1. The van der Waals surface area contributed by atoms with Gasteiger partial charge < -0.3 is 5.32 Å². The van der Waals surface area contributed by atoms with E-state index in [1.165, 1.54) is 23.1 Å². The Balaban J connectivity index is 1.52. The number of amidine groups is 1. The lowest BCUT2D eigenvalue weighted by Crippen LogP contribution is -2.33. The van der Waals surface area contributed by atoms with Crippen LogP contribution in [0.2, 0.25) is 0 Å². The number of carbonyl (C=O) groups excluding carboxylic acids is 2. The summed E-state index contributed by atoms with van der Waals surface area (Å²) in [5.74, 6) is -0.347. The number of nitrogens with one attached hydrogen (secondary N) is 1. The van der Waals surface area contributed by atoms with Crippen LogP contribution in [0.3, 0.4) is 0 Å². The fourth-order valence-corrected chi connectivity index (χ4v) is 4.96. The van der Waals surface area contributed by atoms with Crippen LogP contribution < -0.4 is 5.32 Å². The van der Waals surface area contributed by atoms with Gasteiger partial charge in [-0.25, -0.2) is 4.98 Å². The highest BCUT2D eigenvalue weighted by atomic mass is 32.2. The van der Waals surface area contributed by atoms with Gasteiger partial charge in [0.05, 0.1) is 10.2 Å². The lowest BCUT2D eigenvalue weighted by atomic mass is 10.2. The van der Waals surface area contributed by atoms with E-state index in [-0.39, 0.29) is 18.2 Å². The van der Waals surface area contributed by atoms with E-state index in [1.807, 2.05) is 54.6 Å². The number of nitrogens with zero attached hydrogens (tertiary/aromatic N) is 3. The molecule has 29 heavy (non-hydrogen) atoms. The van der Waals surface area contributed by atoms with Gasteiger partial charge in [-0.1, -0.05) is 59.5 Å². The summed E-state index contributed by atoms with van der Waals surface area (Å²) in [4.78, 5) is 35.9. The minimum atomic E-state index is -0.521. The van der Waals surface area contributed by atoms with E-state index in [4.69, 9.17) is 0 Å². The van der Waals surface area contributed by atoms with Crippen molar-refractivity contribution in [1.82, 2.24) is 9.88 Å². The molecule has 0 aliphatic carbocycles. The zero-order valence-electron chi connectivity index (χ0n) is 15.4. The average molecular weight is 423 g/mol. The standard InChI is InChI=1S/C21H18N4O2S2/c1-2-12-25-19(27)17(13-18(26)22-14-8-4-3-5-9-14)29-21(25)24-20-23-15-10-6-7-11-16(15)28-20/h2-11,17H,1,12-13H2,(H,22,26)/t17-/m1/s1. The van der Waals surface area contributed by atoms with E-state index in [2.05, 4.69) is 21.9 Å². The second-order valence-electron chi connectivity index (χ2n) is 6.32. The summed E-state index contributed by atoms with van der Waals surface area (Å²) in [6, 6.07) is 17.0. The van der Waals surface area contributed by atoms with Gasteiger partial charge in [-0.05, 0) is 24.3 Å². The second kappa shape index (κ2) is 8.59. The molecule has 3 aromatic rings. The minimum absolute atomic E-state index is 0.0743. The van der Waals surface area contributed by atoms with Crippen molar-refractivity contribution < 1.29 is 9.59 Å². The Labute approximate surface area is 176 Å². The van der Waals surface area contributed by atoms with Crippen LogP contribution in [0, 0.1) is 0 Å². The van der Waals surface area contributed by atoms with Crippen LogP contribution in [-0.4, -0.2) is 38.7 Å². The van der Waals surface area contributed by atoms with E-state index >= 15 is 0 Å². The van der Waals surface area contributed by atoms with Gasteiger partial charge in [0.15, 0.2) is 5.17 Å². The maximum atomic E-state index is 12.8. The molecule has 8 heteroatoms. The molecule has 1 aromatic heterocycles. The molecule has 6 nitrogen and oxygen atoms in total. The SMILES string of the molecule is C=CCN1C(=O)[C@@H](CC(=O)Nc2ccccc2)SC1=Nc1nc2ccccc2s1. The van der Waals surface area contributed by atoms with Crippen LogP contribution in [-0.2, 0) is 9.59 Å². The molecule has 0 saturated carbocycles.